The molecule has 0 atom stereocenters. The van der Waals surface area contributed by atoms with Crippen LogP contribution in [0.4, 0.5) is 0 Å². The van der Waals surface area contributed by atoms with Gasteiger partial charge in [0, 0.05) is 6.54 Å². The standard InChI is InChI=1S/C11H17NO3S/c1-9(2)16(14,15)12-7-10-4-3-5-11(6-10)8-13/h3-6,9,12-13H,7-8H2,1-2H3. The van der Waals surface area contributed by atoms with Gasteiger partial charge >= 0.3 is 0 Å². The monoisotopic (exact) mass is 243 g/mol. The lowest BCUT2D eigenvalue weighted by molar-refractivity contribution is 0.281. The molecule has 0 saturated heterocycles. The fourth-order valence-electron chi connectivity index (χ4n) is 1.19. The Bertz CT molecular complexity index is 440. The van der Waals surface area contributed by atoms with Gasteiger partial charge in [0.15, 0.2) is 0 Å². The number of hydrogen-bond acceptors (Lipinski definition) is 3. The van der Waals surface area contributed by atoms with Crippen LogP contribution in [0.25, 0.3) is 0 Å². The third-order valence-corrected chi connectivity index (χ3v) is 4.06. The van der Waals surface area contributed by atoms with E-state index in [0.29, 0.717) is 0 Å². The highest BCUT2D eigenvalue weighted by molar-refractivity contribution is 7.90. The van der Waals surface area contributed by atoms with Gasteiger partial charge in [-0.1, -0.05) is 24.3 Å². The number of sulfonamides is 1. The number of rotatable bonds is 5. The molecule has 0 amide bonds. The van der Waals surface area contributed by atoms with Crippen molar-refractivity contribution in [3.63, 3.8) is 0 Å². The maximum atomic E-state index is 11.5. The lowest BCUT2D eigenvalue weighted by Gasteiger charge is -2.09. The average molecular weight is 243 g/mol. The van der Waals surface area contributed by atoms with E-state index in [9.17, 15) is 8.42 Å². The lowest BCUT2D eigenvalue weighted by Crippen LogP contribution is -2.30. The highest BCUT2D eigenvalue weighted by atomic mass is 32.2. The second-order valence-electron chi connectivity index (χ2n) is 3.89. The van der Waals surface area contributed by atoms with Gasteiger partial charge in [-0.05, 0) is 25.0 Å². The van der Waals surface area contributed by atoms with Crippen LogP contribution in [-0.4, -0.2) is 18.8 Å². The van der Waals surface area contributed by atoms with Crippen molar-refractivity contribution in [1.82, 2.24) is 4.72 Å². The number of aliphatic hydroxyl groups is 1. The molecule has 0 aromatic heterocycles. The minimum atomic E-state index is -3.23. The van der Waals surface area contributed by atoms with Crippen LogP contribution in [0.2, 0.25) is 0 Å². The van der Waals surface area contributed by atoms with Crippen molar-refractivity contribution in [1.29, 1.82) is 0 Å². The van der Waals surface area contributed by atoms with Crippen LogP contribution in [-0.2, 0) is 23.2 Å². The van der Waals surface area contributed by atoms with Crippen LogP contribution in [0.15, 0.2) is 24.3 Å². The number of nitrogens with one attached hydrogen (secondary N) is 1. The molecule has 0 aliphatic rings. The Morgan fingerprint density at radius 2 is 1.94 bits per heavy atom. The zero-order chi connectivity index (χ0) is 12.2. The van der Waals surface area contributed by atoms with Gasteiger partial charge in [-0.15, -0.1) is 0 Å². The first-order valence-corrected chi connectivity index (χ1v) is 6.67. The van der Waals surface area contributed by atoms with Crippen molar-refractivity contribution in [3.05, 3.63) is 35.4 Å². The first-order chi connectivity index (χ1) is 7.45. The maximum Gasteiger partial charge on any atom is 0.214 e. The van der Waals surface area contributed by atoms with Crippen LogP contribution in [0, 0.1) is 0 Å². The van der Waals surface area contributed by atoms with Gasteiger partial charge in [-0.3, -0.25) is 0 Å². The molecular formula is C11H17NO3S. The molecule has 0 radical (unpaired) electrons. The summed E-state index contributed by atoms with van der Waals surface area (Å²) in [4.78, 5) is 0. The van der Waals surface area contributed by atoms with Crippen molar-refractivity contribution in [2.75, 3.05) is 0 Å². The molecule has 90 valence electrons. The minimum absolute atomic E-state index is 0.0369. The van der Waals surface area contributed by atoms with Crippen molar-refractivity contribution in [3.8, 4) is 0 Å². The van der Waals surface area contributed by atoms with E-state index in [1.807, 2.05) is 6.07 Å². The predicted octanol–water partition coefficient (Wildman–Crippen LogP) is 1.01. The summed E-state index contributed by atoms with van der Waals surface area (Å²) < 4.78 is 25.5. The molecule has 16 heavy (non-hydrogen) atoms. The quantitative estimate of drug-likeness (QED) is 0.811. The minimum Gasteiger partial charge on any atom is -0.392 e. The summed E-state index contributed by atoms with van der Waals surface area (Å²) in [7, 11) is -3.23. The number of hydrogen-bond donors (Lipinski definition) is 2. The fourth-order valence-corrected chi connectivity index (χ4v) is 1.89. The Labute approximate surface area is 96.4 Å². The van der Waals surface area contributed by atoms with Gasteiger partial charge in [0.25, 0.3) is 0 Å². The summed E-state index contributed by atoms with van der Waals surface area (Å²) in [5.41, 5.74) is 1.62. The van der Waals surface area contributed by atoms with Crippen LogP contribution >= 0.6 is 0 Å². The zero-order valence-corrected chi connectivity index (χ0v) is 10.3. The molecule has 0 bridgehead atoms. The van der Waals surface area contributed by atoms with E-state index in [2.05, 4.69) is 4.72 Å². The van der Waals surface area contributed by atoms with E-state index in [-0.39, 0.29) is 13.2 Å². The molecule has 5 heteroatoms. The van der Waals surface area contributed by atoms with Gasteiger partial charge in [-0.2, -0.15) is 0 Å². The molecule has 0 unspecified atom stereocenters. The van der Waals surface area contributed by atoms with Gasteiger partial charge in [0.2, 0.25) is 10.0 Å². The Balaban J connectivity index is 2.68. The summed E-state index contributed by atoms with van der Waals surface area (Å²) in [5, 5.41) is 8.50. The molecule has 1 aromatic rings. The van der Waals surface area contributed by atoms with Crippen molar-refractivity contribution >= 4 is 10.0 Å². The summed E-state index contributed by atoms with van der Waals surface area (Å²) in [6.45, 7) is 3.48. The van der Waals surface area contributed by atoms with E-state index in [0.717, 1.165) is 11.1 Å². The first-order valence-electron chi connectivity index (χ1n) is 5.13. The SMILES string of the molecule is CC(C)S(=O)(=O)NCc1cccc(CO)c1. The fraction of sp³-hybridized carbons (Fsp3) is 0.455. The van der Waals surface area contributed by atoms with Crippen LogP contribution in [0.1, 0.15) is 25.0 Å². The number of benzene rings is 1. The Morgan fingerprint density at radius 1 is 1.31 bits per heavy atom. The smallest absolute Gasteiger partial charge is 0.214 e. The van der Waals surface area contributed by atoms with E-state index in [1.54, 1.807) is 32.0 Å². The second kappa shape index (κ2) is 5.43. The molecule has 0 heterocycles. The molecule has 4 nitrogen and oxygen atoms in total. The van der Waals surface area contributed by atoms with E-state index in [1.165, 1.54) is 0 Å². The molecular weight excluding hydrogens is 226 g/mol. The molecule has 2 N–H and O–H groups in total. The van der Waals surface area contributed by atoms with Crippen LogP contribution < -0.4 is 4.72 Å². The van der Waals surface area contributed by atoms with E-state index < -0.39 is 15.3 Å². The highest BCUT2D eigenvalue weighted by Crippen LogP contribution is 2.06. The third-order valence-electron chi connectivity index (χ3n) is 2.27. The predicted molar refractivity (Wildman–Crippen MR) is 63.3 cm³/mol. The average Bonchev–Trinajstić information content (AvgIpc) is 2.26. The molecule has 0 aliphatic heterocycles. The first kappa shape index (κ1) is 13.2. The Hall–Kier alpha value is -0.910. The van der Waals surface area contributed by atoms with Gasteiger partial charge < -0.3 is 5.11 Å². The zero-order valence-electron chi connectivity index (χ0n) is 9.47. The van der Waals surface area contributed by atoms with Gasteiger partial charge in [-0.25, -0.2) is 13.1 Å². The van der Waals surface area contributed by atoms with Gasteiger partial charge in [0.1, 0.15) is 0 Å². The number of aliphatic hydroxyl groups excluding tert-OH is 1. The third kappa shape index (κ3) is 3.59. The van der Waals surface area contributed by atoms with Crippen molar-refractivity contribution in [2.24, 2.45) is 0 Å². The summed E-state index contributed by atoms with van der Waals surface area (Å²) in [6.07, 6.45) is 0. The molecule has 0 fully saturated rings. The molecule has 0 saturated carbocycles. The van der Waals surface area contributed by atoms with Crippen LogP contribution in [0.5, 0.6) is 0 Å². The summed E-state index contributed by atoms with van der Waals surface area (Å²) in [6, 6.07) is 7.19. The highest BCUT2D eigenvalue weighted by Gasteiger charge is 2.14. The van der Waals surface area contributed by atoms with Crippen molar-refractivity contribution < 1.29 is 13.5 Å². The van der Waals surface area contributed by atoms with E-state index in [4.69, 9.17) is 5.11 Å². The Kier molecular flexibility index (Phi) is 4.46. The summed E-state index contributed by atoms with van der Waals surface area (Å²) >= 11 is 0. The maximum absolute atomic E-state index is 11.5. The topological polar surface area (TPSA) is 66.4 Å². The second-order valence-corrected chi connectivity index (χ2v) is 6.21. The summed E-state index contributed by atoms with van der Waals surface area (Å²) in [5.74, 6) is 0. The molecule has 0 aliphatic carbocycles. The molecule has 0 spiro atoms. The lowest BCUT2D eigenvalue weighted by atomic mass is 10.1. The van der Waals surface area contributed by atoms with Crippen molar-refractivity contribution in [2.45, 2.75) is 32.2 Å². The molecule has 1 aromatic carbocycles. The molecule has 1 rings (SSSR count). The van der Waals surface area contributed by atoms with Gasteiger partial charge in [0.05, 0.1) is 11.9 Å². The Morgan fingerprint density at radius 3 is 2.50 bits per heavy atom. The normalized spacial score (nSPS) is 12.0. The largest absolute Gasteiger partial charge is 0.392 e. The van der Waals surface area contributed by atoms with Crippen LogP contribution in [0.3, 0.4) is 0 Å². The van der Waals surface area contributed by atoms with E-state index >= 15 is 0 Å².